The van der Waals surface area contributed by atoms with Crippen LogP contribution in [0.4, 0.5) is 4.79 Å². The lowest BCUT2D eigenvalue weighted by Crippen LogP contribution is -2.37. The fraction of sp³-hybridized carbons (Fsp3) is 0.500. The lowest BCUT2D eigenvalue weighted by Gasteiger charge is -2.17. The molecule has 0 spiro atoms. The van der Waals surface area contributed by atoms with Gasteiger partial charge >= 0.3 is 12.1 Å². The zero-order valence-corrected chi connectivity index (χ0v) is 15.4. The van der Waals surface area contributed by atoms with E-state index in [1.54, 1.807) is 32.0 Å². The predicted octanol–water partition coefficient (Wildman–Crippen LogP) is 1.46. The predicted molar refractivity (Wildman–Crippen MR) is 95.8 cm³/mol. The molecule has 0 aliphatic heterocycles. The second-order valence-corrected chi connectivity index (χ2v) is 6.33. The molecule has 0 heterocycles. The molecule has 2 amide bonds. The molecule has 0 aromatic heterocycles. The minimum absolute atomic E-state index is 0.0764. The van der Waals surface area contributed by atoms with Crippen molar-refractivity contribution in [3.05, 3.63) is 35.4 Å². The molecule has 9 nitrogen and oxygen atoms in total. The van der Waals surface area contributed by atoms with Crippen molar-refractivity contribution in [1.29, 1.82) is 0 Å². The Labute approximate surface area is 157 Å². The van der Waals surface area contributed by atoms with E-state index in [1.165, 1.54) is 6.07 Å². The van der Waals surface area contributed by atoms with Crippen molar-refractivity contribution >= 4 is 18.0 Å². The van der Waals surface area contributed by atoms with E-state index in [4.69, 9.17) is 14.9 Å². The third-order valence-corrected chi connectivity index (χ3v) is 3.59. The Morgan fingerprint density at radius 2 is 1.96 bits per heavy atom. The van der Waals surface area contributed by atoms with Crippen LogP contribution < -0.4 is 10.8 Å². The molecule has 4 N–H and O–H groups in total. The van der Waals surface area contributed by atoms with E-state index in [-0.39, 0.29) is 30.6 Å². The largest absolute Gasteiger partial charge is 0.478 e. The number of ether oxygens (including phenoxy) is 1. The molecule has 1 aromatic rings. The molecular formula is C18H26N2O7. The van der Waals surface area contributed by atoms with Crippen LogP contribution in [0.25, 0.3) is 0 Å². The lowest BCUT2D eigenvalue weighted by molar-refractivity contribution is -0.130. The summed E-state index contributed by atoms with van der Waals surface area (Å²) in [5, 5.41) is 20.4. The maximum Gasteiger partial charge on any atom is 0.431 e. The van der Waals surface area contributed by atoms with Crippen LogP contribution in [0.2, 0.25) is 0 Å². The number of aromatic carboxylic acids is 1. The Morgan fingerprint density at radius 1 is 1.22 bits per heavy atom. The summed E-state index contributed by atoms with van der Waals surface area (Å²) in [6.45, 7) is 3.27. The van der Waals surface area contributed by atoms with Crippen molar-refractivity contribution in [1.82, 2.24) is 10.8 Å². The SMILES string of the molecule is CC(C)NC(=O)ONC(=O)CCC(COCO)Cc1cccc(C(=O)O)c1. The number of aliphatic hydroxyl groups is 1. The number of amides is 2. The third-order valence-electron chi connectivity index (χ3n) is 3.59. The maximum absolute atomic E-state index is 11.8. The average molecular weight is 382 g/mol. The molecule has 150 valence electrons. The highest BCUT2D eigenvalue weighted by molar-refractivity contribution is 5.87. The van der Waals surface area contributed by atoms with Gasteiger partial charge in [-0.3, -0.25) is 4.79 Å². The van der Waals surface area contributed by atoms with Gasteiger partial charge in [0.2, 0.25) is 0 Å². The van der Waals surface area contributed by atoms with E-state index in [0.29, 0.717) is 12.8 Å². The molecule has 27 heavy (non-hydrogen) atoms. The van der Waals surface area contributed by atoms with E-state index in [9.17, 15) is 14.4 Å². The first-order valence-electron chi connectivity index (χ1n) is 8.58. The first-order chi connectivity index (χ1) is 12.8. The zero-order chi connectivity index (χ0) is 20.2. The van der Waals surface area contributed by atoms with Crippen molar-refractivity contribution in [2.75, 3.05) is 13.4 Å². The van der Waals surface area contributed by atoms with Gasteiger partial charge < -0.3 is 25.1 Å². The molecule has 0 aliphatic rings. The van der Waals surface area contributed by atoms with Crippen LogP contribution in [-0.2, 0) is 20.8 Å². The van der Waals surface area contributed by atoms with Crippen LogP contribution in [0, 0.1) is 5.92 Å². The summed E-state index contributed by atoms with van der Waals surface area (Å²) in [5.41, 5.74) is 3.03. The second-order valence-electron chi connectivity index (χ2n) is 6.33. The summed E-state index contributed by atoms with van der Waals surface area (Å²) >= 11 is 0. The number of carboxylic acids is 1. The van der Waals surface area contributed by atoms with Gasteiger partial charge in [0.05, 0.1) is 12.2 Å². The summed E-state index contributed by atoms with van der Waals surface area (Å²) in [6.07, 6.45) is 0.207. The van der Waals surface area contributed by atoms with Gasteiger partial charge in [-0.25, -0.2) is 9.59 Å². The molecule has 1 aromatic carbocycles. The van der Waals surface area contributed by atoms with Gasteiger partial charge in [-0.15, -0.1) is 0 Å². The summed E-state index contributed by atoms with van der Waals surface area (Å²) in [7, 11) is 0. The van der Waals surface area contributed by atoms with E-state index < -0.39 is 24.8 Å². The summed E-state index contributed by atoms with van der Waals surface area (Å²) in [4.78, 5) is 38.8. The number of hydrogen-bond acceptors (Lipinski definition) is 6. The average Bonchev–Trinajstić information content (AvgIpc) is 2.61. The van der Waals surface area contributed by atoms with E-state index in [2.05, 4.69) is 15.6 Å². The molecule has 0 radical (unpaired) electrons. The topological polar surface area (TPSA) is 134 Å². The highest BCUT2D eigenvalue weighted by Crippen LogP contribution is 2.16. The molecule has 0 fully saturated rings. The number of hydroxylamine groups is 1. The fourth-order valence-electron chi connectivity index (χ4n) is 2.38. The molecular weight excluding hydrogens is 356 g/mol. The van der Waals surface area contributed by atoms with Crippen molar-refractivity contribution in [3.63, 3.8) is 0 Å². The summed E-state index contributed by atoms with van der Waals surface area (Å²) in [5.74, 6) is -1.62. The number of aliphatic hydroxyl groups excluding tert-OH is 1. The van der Waals surface area contributed by atoms with Crippen LogP contribution >= 0.6 is 0 Å². The highest BCUT2D eigenvalue weighted by Gasteiger charge is 2.15. The van der Waals surface area contributed by atoms with Gasteiger partial charge in [0, 0.05) is 12.5 Å². The Balaban J connectivity index is 2.54. The number of carbonyl (C=O) groups excluding carboxylic acids is 2. The third kappa shape index (κ3) is 9.57. The summed E-state index contributed by atoms with van der Waals surface area (Å²) < 4.78 is 5.03. The van der Waals surface area contributed by atoms with Gasteiger partial charge in [0.25, 0.3) is 5.91 Å². The summed E-state index contributed by atoms with van der Waals surface area (Å²) in [6, 6.07) is 6.39. The molecule has 1 rings (SSSR count). The first kappa shape index (κ1) is 22.4. The van der Waals surface area contributed by atoms with E-state index in [0.717, 1.165) is 5.56 Å². The molecule has 0 saturated heterocycles. The van der Waals surface area contributed by atoms with Crippen LogP contribution in [-0.4, -0.2) is 47.6 Å². The zero-order valence-electron chi connectivity index (χ0n) is 15.4. The van der Waals surface area contributed by atoms with Crippen molar-refractivity contribution in [3.8, 4) is 0 Å². The number of nitrogens with one attached hydrogen (secondary N) is 2. The monoisotopic (exact) mass is 382 g/mol. The molecule has 0 saturated carbocycles. The lowest BCUT2D eigenvalue weighted by atomic mass is 9.94. The minimum Gasteiger partial charge on any atom is -0.478 e. The van der Waals surface area contributed by atoms with E-state index in [1.807, 2.05) is 0 Å². The maximum atomic E-state index is 11.8. The Hall–Kier alpha value is -2.65. The van der Waals surface area contributed by atoms with Gasteiger partial charge in [-0.2, -0.15) is 5.48 Å². The highest BCUT2D eigenvalue weighted by atomic mass is 16.7. The molecule has 0 bridgehead atoms. The van der Waals surface area contributed by atoms with Crippen LogP contribution in [0.5, 0.6) is 0 Å². The normalized spacial score (nSPS) is 11.7. The van der Waals surface area contributed by atoms with Crippen molar-refractivity contribution < 1.29 is 34.2 Å². The first-order valence-corrected chi connectivity index (χ1v) is 8.58. The van der Waals surface area contributed by atoms with Crippen LogP contribution in [0.1, 0.15) is 42.6 Å². The molecule has 9 heteroatoms. The number of carbonyl (C=O) groups is 3. The van der Waals surface area contributed by atoms with Gasteiger partial charge in [0.1, 0.15) is 6.79 Å². The van der Waals surface area contributed by atoms with Crippen LogP contribution in [0.3, 0.4) is 0 Å². The Bertz CT molecular complexity index is 634. The Morgan fingerprint density at radius 3 is 2.59 bits per heavy atom. The van der Waals surface area contributed by atoms with Gasteiger partial charge in [-0.1, -0.05) is 12.1 Å². The number of benzene rings is 1. The van der Waals surface area contributed by atoms with Crippen molar-refractivity contribution in [2.45, 2.75) is 39.2 Å². The molecule has 1 atom stereocenters. The number of rotatable bonds is 10. The van der Waals surface area contributed by atoms with Gasteiger partial charge in [0.15, 0.2) is 0 Å². The molecule has 1 unspecified atom stereocenters. The standard InChI is InChI=1S/C18H26N2O7/c1-12(2)19-18(25)27-20-16(22)7-6-14(10-26-11-21)8-13-4-3-5-15(9-13)17(23)24/h3-5,9,12,14,21H,6-8,10-11H2,1-2H3,(H,19,25)(H,20,22)(H,23,24). The second kappa shape index (κ2) is 11.9. The van der Waals surface area contributed by atoms with Crippen molar-refractivity contribution in [2.24, 2.45) is 5.92 Å². The molecule has 0 aliphatic carbocycles. The van der Waals surface area contributed by atoms with Crippen LogP contribution in [0.15, 0.2) is 24.3 Å². The van der Waals surface area contributed by atoms with E-state index >= 15 is 0 Å². The number of hydrogen-bond donors (Lipinski definition) is 4. The quantitative estimate of drug-likeness (QED) is 0.355. The number of carboxylic acid groups (broad SMARTS) is 1. The minimum atomic E-state index is -1.02. The smallest absolute Gasteiger partial charge is 0.431 e. The fourth-order valence-corrected chi connectivity index (χ4v) is 2.38. The van der Waals surface area contributed by atoms with Gasteiger partial charge in [-0.05, 0) is 50.3 Å². The Kier molecular flexibility index (Phi) is 9.84.